The normalized spacial score (nSPS) is 19.1. The first kappa shape index (κ1) is 20.8. The maximum atomic E-state index is 14.4. The van der Waals surface area contributed by atoms with Gasteiger partial charge in [0.2, 0.25) is 0 Å². The Bertz CT molecular complexity index is 1340. The standard InChI is InChI=1S/C23H25FN6OS/c1-12-8-29(9-13(2)25-12)19-6-5-17(20-21(19)32-15(4)27-20)23(31)28-16-7-18(24)22-26-14(3)10-30(22)11-16/h5-7,10-13,25H,8-9H2,1-4H3,(H,28,31)/t12-,13-/m1/s1. The van der Waals surface area contributed by atoms with Crippen LogP contribution in [0.5, 0.6) is 0 Å². The molecule has 5 rings (SSSR count). The highest BCUT2D eigenvalue weighted by molar-refractivity contribution is 7.19. The molecule has 0 bridgehead atoms. The average molecular weight is 453 g/mol. The van der Waals surface area contributed by atoms with Gasteiger partial charge in [0.15, 0.2) is 11.5 Å². The number of rotatable bonds is 3. The minimum absolute atomic E-state index is 0.238. The molecular weight excluding hydrogens is 427 g/mol. The summed E-state index contributed by atoms with van der Waals surface area (Å²) in [5.74, 6) is -0.799. The smallest absolute Gasteiger partial charge is 0.257 e. The van der Waals surface area contributed by atoms with Crippen LogP contribution in [0, 0.1) is 19.7 Å². The van der Waals surface area contributed by atoms with Crippen LogP contribution in [-0.4, -0.2) is 45.4 Å². The van der Waals surface area contributed by atoms with Gasteiger partial charge in [-0.25, -0.2) is 14.4 Å². The van der Waals surface area contributed by atoms with Crippen LogP contribution in [0.25, 0.3) is 15.9 Å². The zero-order valence-electron chi connectivity index (χ0n) is 18.4. The number of halogens is 1. The fraction of sp³-hybridized carbons (Fsp3) is 0.348. The molecule has 32 heavy (non-hydrogen) atoms. The number of piperazine rings is 1. The number of hydrogen-bond acceptors (Lipinski definition) is 6. The first-order valence-electron chi connectivity index (χ1n) is 10.7. The van der Waals surface area contributed by atoms with Crippen LogP contribution < -0.4 is 15.5 Å². The lowest BCUT2D eigenvalue weighted by molar-refractivity contribution is 0.102. The summed E-state index contributed by atoms with van der Waals surface area (Å²) in [4.78, 5) is 24.3. The molecule has 0 radical (unpaired) electrons. The number of imidazole rings is 1. The zero-order chi connectivity index (χ0) is 22.6. The van der Waals surface area contributed by atoms with Crippen molar-refractivity contribution in [2.45, 2.75) is 39.8 Å². The van der Waals surface area contributed by atoms with Crippen LogP contribution >= 0.6 is 11.3 Å². The van der Waals surface area contributed by atoms with E-state index in [0.29, 0.717) is 34.5 Å². The second-order valence-corrected chi connectivity index (χ2v) is 9.76. The lowest BCUT2D eigenvalue weighted by atomic mass is 10.1. The van der Waals surface area contributed by atoms with Crippen molar-refractivity contribution in [2.24, 2.45) is 0 Å². The van der Waals surface area contributed by atoms with E-state index in [0.717, 1.165) is 28.5 Å². The van der Waals surface area contributed by atoms with E-state index >= 15 is 0 Å². The Morgan fingerprint density at radius 3 is 2.69 bits per heavy atom. The minimum atomic E-state index is -0.483. The summed E-state index contributed by atoms with van der Waals surface area (Å²) in [6, 6.07) is 5.87. The number of anilines is 2. The summed E-state index contributed by atoms with van der Waals surface area (Å²) < 4.78 is 17.0. The maximum absolute atomic E-state index is 14.4. The molecule has 3 aromatic heterocycles. The molecule has 1 aliphatic heterocycles. The summed E-state index contributed by atoms with van der Waals surface area (Å²) >= 11 is 1.59. The Morgan fingerprint density at radius 1 is 1.19 bits per heavy atom. The van der Waals surface area contributed by atoms with Gasteiger partial charge in [-0.3, -0.25) is 4.79 Å². The number of thiazole rings is 1. The summed E-state index contributed by atoms with van der Waals surface area (Å²) in [5.41, 5.74) is 3.57. The van der Waals surface area contributed by atoms with Crippen molar-refractivity contribution in [1.29, 1.82) is 0 Å². The summed E-state index contributed by atoms with van der Waals surface area (Å²) in [6.45, 7) is 9.89. The Labute approximate surface area is 189 Å². The molecule has 1 amide bonds. The van der Waals surface area contributed by atoms with Gasteiger partial charge in [0.1, 0.15) is 0 Å². The van der Waals surface area contributed by atoms with Crippen LogP contribution in [0.4, 0.5) is 15.8 Å². The van der Waals surface area contributed by atoms with Gasteiger partial charge in [-0.15, -0.1) is 11.3 Å². The van der Waals surface area contributed by atoms with Crippen molar-refractivity contribution in [3.8, 4) is 0 Å². The van der Waals surface area contributed by atoms with Gasteiger partial charge in [-0.2, -0.15) is 0 Å². The number of amides is 1. The summed E-state index contributed by atoms with van der Waals surface area (Å²) in [5, 5.41) is 7.28. The lowest BCUT2D eigenvalue weighted by Gasteiger charge is -2.37. The number of fused-ring (bicyclic) bond motifs is 2. The summed E-state index contributed by atoms with van der Waals surface area (Å²) in [7, 11) is 0. The van der Waals surface area contributed by atoms with Crippen LogP contribution in [0.3, 0.4) is 0 Å². The highest BCUT2D eigenvalue weighted by Crippen LogP contribution is 2.35. The lowest BCUT2D eigenvalue weighted by Crippen LogP contribution is -2.54. The monoisotopic (exact) mass is 452 g/mol. The third-order valence-electron chi connectivity index (χ3n) is 5.66. The number of hydrogen-bond donors (Lipinski definition) is 2. The molecule has 0 unspecified atom stereocenters. The molecule has 0 aliphatic carbocycles. The first-order chi connectivity index (χ1) is 15.3. The van der Waals surface area contributed by atoms with Gasteiger partial charge < -0.3 is 19.9 Å². The predicted molar refractivity (Wildman–Crippen MR) is 126 cm³/mol. The van der Waals surface area contributed by atoms with Gasteiger partial charge >= 0.3 is 0 Å². The van der Waals surface area contributed by atoms with E-state index in [1.807, 2.05) is 19.1 Å². The molecule has 1 aromatic carbocycles. The number of nitrogens with one attached hydrogen (secondary N) is 2. The van der Waals surface area contributed by atoms with Crippen LogP contribution in [0.1, 0.15) is 34.9 Å². The Morgan fingerprint density at radius 2 is 1.94 bits per heavy atom. The molecule has 1 saturated heterocycles. The molecular formula is C23H25FN6OS. The Balaban J connectivity index is 1.50. The molecule has 4 heterocycles. The predicted octanol–water partition coefficient (Wildman–Crippen LogP) is 4.14. The number of carbonyl (C=O) groups excluding carboxylic acids is 1. The van der Waals surface area contributed by atoms with E-state index in [-0.39, 0.29) is 11.6 Å². The molecule has 166 valence electrons. The second kappa shape index (κ2) is 7.83. The highest BCUT2D eigenvalue weighted by atomic mass is 32.1. The molecule has 2 atom stereocenters. The van der Waals surface area contributed by atoms with Gasteiger partial charge in [0.25, 0.3) is 5.91 Å². The van der Waals surface area contributed by atoms with Crippen molar-refractivity contribution < 1.29 is 9.18 Å². The number of benzene rings is 1. The van der Waals surface area contributed by atoms with Crippen LogP contribution in [0.2, 0.25) is 0 Å². The van der Waals surface area contributed by atoms with Crippen LogP contribution in [-0.2, 0) is 0 Å². The third-order valence-corrected chi connectivity index (χ3v) is 6.65. The number of aromatic nitrogens is 3. The molecule has 2 N–H and O–H groups in total. The first-order valence-corrected chi connectivity index (χ1v) is 11.5. The van der Waals surface area contributed by atoms with Crippen molar-refractivity contribution in [3.05, 3.63) is 52.7 Å². The zero-order valence-corrected chi connectivity index (χ0v) is 19.3. The van der Waals surface area contributed by atoms with Gasteiger partial charge in [-0.1, -0.05) is 0 Å². The van der Waals surface area contributed by atoms with E-state index in [2.05, 4.69) is 39.3 Å². The maximum Gasteiger partial charge on any atom is 0.257 e. The summed E-state index contributed by atoms with van der Waals surface area (Å²) in [6.07, 6.45) is 3.39. The molecule has 0 spiro atoms. The molecule has 7 nitrogen and oxygen atoms in total. The molecule has 9 heteroatoms. The average Bonchev–Trinajstić information content (AvgIpc) is 3.28. The Hall–Kier alpha value is -3.04. The number of nitrogens with zero attached hydrogens (tertiary/aromatic N) is 4. The van der Waals surface area contributed by atoms with Crippen molar-refractivity contribution in [2.75, 3.05) is 23.3 Å². The van der Waals surface area contributed by atoms with Gasteiger partial charge in [-0.05, 0) is 39.8 Å². The fourth-order valence-electron chi connectivity index (χ4n) is 4.50. The SMILES string of the molecule is Cc1cn2cc(NC(=O)c3ccc(N4C[C@@H](C)N[C@H](C)C4)c4sc(C)nc34)cc(F)c2n1. The molecule has 4 aromatic rings. The minimum Gasteiger partial charge on any atom is -0.367 e. The molecule has 0 saturated carbocycles. The Kier molecular flexibility index (Phi) is 5.10. The highest BCUT2D eigenvalue weighted by Gasteiger charge is 2.25. The molecule has 1 aliphatic rings. The number of pyridine rings is 1. The second-order valence-electron chi connectivity index (χ2n) is 8.56. The number of carbonyl (C=O) groups is 1. The van der Waals surface area contributed by atoms with E-state index in [1.165, 1.54) is 6.07 Å². The van der Waals surface area contributed by atoms with Crippen molar-refractivity contribution in [3.63, 3.8) is 0 Å². The van der Waals surface area contributed by atoms with E-state index < -0.39 is 5.82 Å². The van der Waals surface area contributed by atoms with Gasteiger partial charge in [0.05, 0.1) is 37.9 Å². The van der Waals surface area contributed by atoms with Crippen molar-refractivity contribution in [1.82, 2.24) is 19.7 Å². The van der Waals surface area contributed by atoms with E-state index in [9.17, 15) is 9.18 Å². The fourth-order valence-corrected chi connectivity index (χ4v) is 5.49. The van der Waals surface area contributed by atoms with Gasteiger partial charge in [0, 0.05) is 43.6 Å². The topological polar surface area (TPSA) is 74.6 Å². The van der Waals surface area contributed by atoms with E-state index in [1.54, 1.807) is 35.1 Å². The van der Waals surface area contributed by atoms with Crippen LogP contribution in [0.15, 0.2) is 30.6 Å². The largest absolute Gasteiger partial charge is 0.367 e. The quantitative estimate of drug-likeness (QED) is 0.489. The van der Waals surface area contributed by atoms with Crippen molar-refractivity contribution >= 4 is 44.5 Å². The number of aryl methyl sites for hydroxylation is 2. The third kappa shape index (κ3) is 3.71. The molecule has 1 fully saturated rings. The van der Waals surface area contributed by atoms with E-state index in [4.69, 9.17) is 0 Å².